The van der Waals surface area contributed by atoms with E-state index in [9.17, 15) is 4.79 Å². The van der Waals surface area contributed by atoms with E-state index in [4.69, 9.17) is 0 Å². The van der Waals surface area contributed by atoms with Crippen molar-refractivity contribution in [2.75, 3.05) is 18.0 Å². The van der Waals surface area contributed by atoms with Gasteiger partial charge in [0.25, 0.3) is 5.56 Å². The Balaban J connectivity index is 1.27. The molecule has 0 atom stereocenters. The highest BCUT2D eigenvalue weighted by Gasteiger charge is 2.29. The van der Waals surface area contributed by atoms with E-state index in [2.05, 4.69) is 31.2 Å². The summed E-state index contributed by atoms with van der Waals surface area (Å²) >= 11 is 0. The second-order valence-corrected chi connectivity index (χ2v) is 7.63. The Morgan fingerprint density at radius 3 is 2.82 bits per heavy atom. The van der Waals surface area contributed by atoms with Crippen LogP contribution in [0, 0.1) is 5.92 Å². The first kappa shape index (κ1) is 17.0. The van der Waals surface area contributed by atoms with E-state index in [1.807, 2.05) is 12.1 Å². The fraction of sp³-hybridized carbons (Fsp3) is 0.381. The molecule has 0 aromatic carbocycles. The van der Waals surface area contributed by atoms with Crippen molar-refractivity contribution < 1.29 is 0 Å². The second-order valence-electron chi connectivity index (χ2n) is 7.63. The second kappa shape index (κ2) is 7.14. The van der Waals surface area contributed by atoms with Crippen molar-refractivity contribution in [1.29, 1.82) is 0 Å². The van der Waals surface area contributed by atoms with Crippen molar-refractivity contribution in [3.63, 3.8) is 0 Å². The van der Waals surface area contributed by atoms with Gasteiger partial charge in [-0.2, -0.15) is 10.2 Å². The zero-order valence-electron chi connectivity index (χ0n) is 15.7. The molecule has 0 unspecified atom stereocenters. The first-order valence-electron chi connectivity index (χ1n) is 9.85. The molecule has 7 heteroatoms. The molecule has 1 aliphatic heterocycles. The minimum absolute atomic E-state index is 0.0698. The lowest BCUT2D eigenvalue weighted by molar-refractivity contribution is 0.332. The molecule has 3 aromatic rings. The Morgan fingerprint density at radius 2 is 1.96 bits per heavy atom. The highest BCUT2D eigenvalue weighted by Crippen LogP contribution is 2.27. The molecule has 3 aromatic heterocycles. The largest absolute Gasteiger partial charge is 0.354 e. The van der Waals surface area contributed by atoms with Gasteiger partial charge in [-0.1, -0.05) is 0 Å². The third-order valence-corrected chi connectivity index (χ3v) is 5.59. The third-order valence-electron chi connectivity index (χ3n) is 5.59. The number of fused-ring (bicyclic) bond motifs is 1. The summed E-state index contributed by atoms with van der Waals surface area (Å²) < 4.78 is 1.57. The van der Waals surface area contributed by atoms with Gasteiger partial charge in [0.2, 0.25) is 0 Å². The fourth-order valence-electron chi connectivity index (χ4n) is 4.00. The molecule has 28 heavy (non-hydrogen) atoms. The smallest absolute Gasteiger partial charge is 0.266 e. The van der Waals surface area contributed by atoms with Crippen LogP contribution in [0.15, 0.2) is 47.5 Å². The SMILES string of the molecule is O=c1ccc(-c2cccnc2)nn1CC1CN(c2cc3c(nn2)CCCC3)C1. The van der Waals surface area contributed by atoms with Crippen LogP contribution in [-0.2, 0) is 19.4 Å². The van der Waals surface area contributed by atoms with Crippen molar-refractivity contribution in [2.24, 2.45) is 5.92 Å². The van der Waals surface area contributed by atoms with Crippen LogP contribution in [0.5, 0.6) is 0 Å². The lowest BCUT2D eigenvalue weighted by Crippen LogP contribution is -2.50. The average molecular weight is 374 g/mol. The monoisotopic (exact) mass is 374 g/mol. The fourth-order valence-corrected chi connectivity index (χ4v) is 4.00. The van der Waals surface area contributed by atoms with Gasteiger partial charge in [-0.25, -0.2) is 4.68 Å². The quantitative estimate of drug-likeness (QED) is 0.696. The van der Waals surface area contributed by atoms with Gasteiger partial charge in [0.15, 0.2) is 5.82 Å². The lowest BCUT2D eigenvalue weighted by Gasteiger charge is -2.40. The van der Waals surface area contributed by atoms with E-state index < -0.39 is 0 Å². The molecule has 5 rings (SSSR count). The van der Waals surface area contributed by atoms with Crippen molar-refractivity contribution in [1.82, 2.24) is 25.0 Å². The molecule has 0 N–H and O–H groups in total. The van der Waals surface area contributed by atoms with E-state index in [1.165, 1.54) is 18.4 Å². The predicted molar refractivity (Wildman–Crippen MR) is 106 cm³/mol. The van der Waals surface area contributed by atoms with Crippen molar-refractivity contribution in [3.8, 4) is 11.3 Å². The van der Waals surface area contributed by atoms with E-state index in [0.29, 0.717) is 12.5 Å². The summed E-state index contributed by atoms with van der Waals surface area (Å²) in [6.07, 6.45) is 8.10. The highest BCUT2D eigenvalue weighted by atomic mass is 16.1. The normalized spacial score (nSPS) is 16.5. The van der Waals surface area contributed by atoms with E-state index in [-0.39, 0.29) is 5.56 Å². The number of aromatic nitrogens is 5. The number of rotatable bonds is 4. The minimum Gasteiger partial charge on any atom is -0.354 e. The summed E-state index contributed by atoms with van der Waals surface area (Å²) in [6.45, 7) is 2.36. The van der Waals surface area contributed by atoms with Gasteiger partial charge in [-0.05, 0) is 55.5 Å². The molecule has 142 valence electrons. The number of anilines is 1. The van der Waals surface area contributed by atoms with E-state index in [0.717, 1.165) is 48.7 Å². The van der Waals surface area contributed by atoms with Crippen LogP contribution in [0.3, 0.4) is 0 Å². The number of nitrogens with zero attached hydrogens (tertiary/aromatic N) is 6. The maximum Gasteiger partial charge on any atom is 0.266 e. The summed E-state index contributed by atoms with van der Waals surface area (Å²) in [5.41, 5.74) is 4.12. The van der Waals surface area contributed by atoms with Gasteiger partial charge in [0, 0.05) is 43.0 Å². The van der Waals surface area contributed by atoms with Crippen LogP contribution in [0.25, 0.3) is 11.3 Å². The van der Waals surface area contributed by atoms with Gasteiger partial charge in [-0.15, -0.1) is 5.10 Å². The topological polar surface area (TPSA) is 76.8 Å². The molecule has 1 fully saturated rings. The van der Waals surface area contributed by atoms with Crippen LogP contribution in [-0.4, -0.2) is 38.1 Å². The molecule has 1 aliphatic carbocycles. The molecule has 0 amide bonds. The van der Waals surface area contributed by atoms with Gasteiger partial charge >= 0.3 is 0 Å². The van der Waals surface area contributed by atoms with E-state index in [1.54, 1.807) is 29.2 Å². The van der Waals surface area contributed by atoms with Gasteiger partial charge < -0.3 is 4.90 Å². The summed E-state index contributed by atoms with van der Waals surface area (Å²) in [7, 11) is 0. The Labute approximate surface area is 163 Å². The Hall–Kier alpha value is -3.09. The zero-order chi connectivity index (χ0) is 18.9. The van der Waals surface area contributed by atoms with Crippen LogP contribution < -0.4 is 10.5 Å². The molecule has 0 saturated carbocycles. The minimum atomic E-state index is -0.0698. The zero-order valence-corrected chi connectivity index (χ0v) is 15.7. The van der Waals surface area contributed by atoms with Gasteiger partial charge in [-0.3, -0.25) is 9.78 Å². The number of hydrogen-bond acceptors (Lipinski definition) is 6. The number of aryl methyl sites for hydroxylation is 2. The molecule has 7 nitrogen and oxygen atoms in total. The van der Waals surface area contributed by atoms with Crippen molar-refractivity contribution in [2.45, 2.75) is 32.2 Å². The highest BCUT2D eigenvalue weighted by molar-refractivity contribution is 5.56. The number of hydrogen-bond donors (Lipinski definition) is 0. The summed E-state index contributed by atoms with van der Waals surface area (Å²) in [5, 5.41) is 13.4. The van der Waals surface area contributed by atoms with E-state index >= 15 is 0 Å². The molecule has 0 radical (unpaired) electrons. The van der Waals surface area contributed by atoms with Crippen LogP contribution in [0.4, 0.5) is 5.82 Å². The third kappa shape index (κ3) is 3.28. The first-order chi connectivity index (χ1) is 13.8. The van der Waals surface area contributed by atoms with Gasteiger partial charge in [0.05, 0.1) is 17.9 Å². The summed E-state index contributed by atoms with van der Waals surface area (Å²) in [6, 6.07) is 9.36. The summed E-state index contributed by atoms with van der Waals surface area (Å²) in [4.78, 5) is 18.6. The molecule has 0 spiro atoms. The van der Waals surface area contributed by atoms with Crippen molar-refractivity contribution in [3.05, 3.63) is 64.3 Å². The van der Waals surface area contributed by atoms with Crippen LogP contribution >= 0.6 is 0 Å². The standard InChI is InChI=1S/C21H22N6O/c28-21-8-7-19(17-5-3-9-22-11-17)25-27(21)14-15-12-26(13-15)20-10-16-4-1-2-6-18(16)23-24-20/h3,5,7-11,15H,1-2,4,6,12-14H2. The predicted octanol–water partition coefficient (Wildman–Crippen LogP) is 2.11. The Kier molecular flexibility index (Phi) is 4.35. The lowest BCUT2D eigenvalue weighted by atomic mass is 9.95. The molecule has 2 aliphatic rings. The molecule has 1 saturated heterocycles. The molecule has 4 heterocycles. The van der Waals surface area contributed by atoms with Crippen molar-refractivity contribution >= 4 is 5.82 Å². The van der Waals surface area contributed by atoms with Crippen LogP contribution in [0.2, 0.25) is 0 Å². The maximum absolute atomic E-state index is 12.2. The molecular formula is C21H22N6O. The average Bonchev–Trinajstić information content (AvgIpc) is 2.72. The Bertz CT molecular complexity index is 1040. The maximum atomic E-state index is 12.2. The Morgan fingerprint density at radius 1 is 1.07 bits per heavy atom. The molecular weight excluding hydrogens is 352 g/mol. The number of pyridine rings is 1. The summed E-state index contributed by atoms with van der Waals surface area (Å²) in [5.74, 6) is 1.34. The van der Waals surface area contributed by atoms with Crippen LogP contribution in [0.1, 0.15) is 24.1 Å². The molecule has 0 bridgehead atoms. The first-order valence-corrected chi connectivity index (χ1v) is 9.85. The van der Waals surface area contributed by atoms with Gasteiger partial charge in [0.1, 0.15) is 0 Å².